The predicted octanol–water partition coefficient (Wildman–Crippen LogP) is 11.6. The van der Waals surface area contributed by atoms with Crippen molar-refractivity contribution in [2.24, 2.45) is 0 Å². The first-order chi connectivity index (χ1) is 23.1. The lowest BCUT2D eigenvalue weighted by molar-refractivity contribution is 0.398. The molecule has 2 heterocycles. The van der Waals surface area contributed by atoms with Gasteiger partial charge in [-0.15, -0.1) is 0 Å². The summed E-state index contributed by atoms with van der Waals surface area (Å²) in [4.78, 5) is 5.21. The smallest absolute Gasteiger partial charge is 0.198 e. The molecule has 0 saturated heterocycles. The summed E-state index contributed by atoms with van der Waals surface area (Å²) < 4.78 is 7.03. The number of hydrogen-bond acceptors (Lipinski definition) is 3. The fourth-order valence-electron chi connectivity index (χ4n) is 8.21. The first kappa shape index (κ1) is 31.4. The second-order valence-electron chi connectivity index (χ2n) is 13.9. The molecule has 3 heteroatoms. The van der Waals surface area contributed by atoms with E-state index in [4.69, 9.17) is 4.74 Å². The molecule has 0 N–H and O–H groups in total. The van der Waals surface area contributed by atoms with Crippen LogP contribution in [0.4, 0.5) is 11.4 Å². The van der Waals surface area contributed by atoms with Crippen LogP contribution in [-0.4, -0.2) is 19.1 Å². The second kappa shape index (κ2) is 13.9. The largest absolute Gasteiger partial charge is 0.438 e. The summed E-state index contributed by atoms with van der Waals surface area (Å²) in [6.45, 7) is 9.11. The van der Waals surface area contributed by atoms with Crippen molar-refractivity contribution < 1.29 is 4.74 Å². The first-order valence-corrected chi connectivity index (χ1v) is 18.1. The predicted molar refractivity (Wildman–Crippen MR) is 201 cm³/mol. The van der Waals surface area contributed by atoms with Gasteiger partial charge in [-0.25, -0.2) is 0 Å². The van der Waals surface area contributed by atoms with E-state index in [1.807, 2.05) is 0 Å². The quantitative estimate of drug-likeness (QED) is 0.122. The average molecular weight is 623 g/mol. The summed E-state index contributed by atoms with van der Waals surface area (Å²) >= 11 is 0. The molecule has 2 aliphatic rings. The van der Waals surface area contributed by atoms with Gasteiger partial charge in [-0.05, 0) is 64.8 Å². The zero-order valence-corrected chi connectivity index (χ0v) is 28.6. The number of benzene rings is 5. The van der Waals surface area contributed by atoms with Gasteiger partial charge in [0.1, 0.15) is 0 Å². The van der Waals surface area contributed by atoms with Gasteiger partial charge in [0, 0.05) is 29.6 Å². The van der Waals surface area contributed by atoms with E-state index in [-0.39, 0.29) is 11.5 Å². The van der Waals surface area contributed by atoms with Gasteiger partial charge in [0.15, 0.2) is 11.6 Å². The molecular weight excluding hydrogens is 572 g/mol. The van der Waals surface area contributed by atoms with Crippen molar-refractivity contribution in [1.82, 2.24) is 0 Å². The summed E-state index contributed by atoms with van der Waals surface area (Å²) in [5.74, 6) is 2.00. The summed E-state index contributed by atoms with van der Waals surface area (Å²) in [5.41, 5.74) is 5.28. The maximum Gasteiger partial charge on any atom is 0.198 e. The molecule has 242 valence electrons. The van der Waals surface area contributed by atoms with Crippen LogP contribution < -0.4 is 14.5 Å². The van der Waals surface area contributed by atoms with Crippen LogP contribution in [0.1, 0.15) is 83.3 Å². The molecule has 0 radical (unpaired) electrons. The molecule has 5 aromatic carbocycles. The third-order valence-corrected chi connectivity index (χ3v) is 10.6. The van der Waals surface area contributed by atoms with Crippen LogP contribution in [0.25, 0.3) is 21.5 Å². The SMILES string of the molecule is CCCCCCN1/C(=C/C2N(CCCCCC)c3ccc4ccccc4c3C2(C)Cc2ccccc2)Oc2c1ccc1ccccc21. The monoisotopic (exact) mass is 622 g/mol. The van der Waals surface area contributed by atoms with Crippen LogP contribution in [0.2, 0.25) is 0 Å². The van der Waals surface area contributed by atoms with E-state index in [2.05, 4.69) is 140 Å². The molecule has 7 rings (SSSR count). The maximum atomic E-state index is 7.03. The van der Waals surface area contributed by atoms with E-state index in [1.54, 1.807) is 0 Å². The van der Waals surface area contributed by atoms with Crippen LogP contribution in [0.3, 0.4) is 0 Å². The molecule has 0 fully saturated rings. The van der Waals surface area contributed by atoms with Crippen molar-refractivity contribution in [3.63, 3.8) is 0 Å². The van der Waals surface area contributed by atoms with Crippen LogP contribution >= 0.6 is 0 Å². The second-order valence-corrected chi connectivity index (χ2v) is 13.9. The standard InChI is InChI=1S/C44H50N2O/c1-4-6-8-17-29-45-38-27-25-34-21-13-15-23-36(34)42(38)44(3,32-33-19-11-10-12-20-33)40(45)31-41-46(30-18-9-7-5-2)39-28-26-35-22-14-16-24-37(35)43(39)47-41/h10-16,19-28,31,40H,4-9,17-18,29-30,32H2,1-3H3/b41-31-. The summed E-state index contributed by atoms with van der Waals surface area (Å²) in [6, 6.07) is 38.2. The Morgan fingerprint density at radius 1 is 0.638 bits per heavy atom. The molecular formula is C44H50N2O. The summed E-state index contributed by atoms with van der Waals surface area (Å²) in [6.07, 6.45) is 13.3. The number of hydrogen-bond donors (Lipinski definition) is 0. The zero-order valence-electron chi connectivity index (χ0n) is 28.6. The van der Waals surface area contributed by atoms with Gasteiger partial charge in [-0.1, -0.05) is 150 Å². The lowest BCUT2D eigenvalue weighted by Gasteiger charge is -2.36. The van der Waals surface area contributed by atoms with Crippen molar-refractivity contribution >= 4 is 32.9 Å². The Morgan fingerprint density at radius 2 is 1.26 bits per heavy atom. The van der Waals surface area contributed by atoms with E-state index in [0.29, 0.717) is 0 Å². The Balaban J connectivity index is 1.38. The molecule has 5 aromatic rings. The zero-order chi connectivity index (χ0) is 32.2. The highest BCUT2D eigenvalue weighted by molar-refractivity contribution is 5.96. The van der Waals surface area contributed by atoms with Gasteiger partial charge >= 0.3 is 0 Å². The Kier molecular flexibility index (Phi) is 9.25. The normalized spacial score (nSPS) is 19.5. The number of fused-ring (bicyclic) bond motifs is 6. The third kappa shape index (κ3) is 6.02. The molecule has 0 aromatic heterocycles. The van der Waals surface area contributed by atoms with E-state index >= 15 is 0 Å². The Bertz CT molecular complexity index is 1860. The molecule has 2 atom stereocenters. The van der Waals surface area contributed by atoms with Crippen LogP contribution in [0.5, 0.6) is 5.75 Å². The first-order valence-electron chi connectivity index (χ1n) is 18.1. The summed E-state index contributed by atoms with van der Waals surface area (Å²) in [5, 5.41) is 5.11. The number of ether oxygens (including phenoxy) is 1. The summed E-state index contributed by atoms with van der Waals surface area (Å²) in [7, 11) is 0. The average Bonchev–Trinajstić information content (AvgIpc) is 3.57. The van der Waals surface area contributed by atoms with E-state index in [9.17, 15) is 0 Å². The minimum Gasteiger partial charge on any atom is -0.438 e. The van der Waals surface area contributed by atoms with Gasteiger partial charge in [-0.2, -0.15) is 0 Å². The third-order valence-electron chi connectivity index (χ3n) is 10.6. The fourth-order valence-corrected chi connectivity index (χ4v) is 8.21. The molecule has 3 nitrogen and oxygen atoms in total. The lowest BCUT2D eigenvalue weighted by atomic mass is 9.72. The van der Waals surface area contributed by atoms with Crippen molar-refractivity contribution in [3.05, 3.63) is 126 Å². The van der Waals surface area contributed by atoms with E-state index in [0.717, 1.165) is 37.6 Å². The Hall–Kier alpha value is -4.24. The maximum absolute atomic E-state index is 7.03. The van der Waals surface area contributed by atoms with Crippen molar-refractivity contribution in [2.45, 2.75) is 90.0 Å². The number of rotatable bonds is 13. The number of unbranched alkanes of at least 4 members (excludes halogenated alkanes) is 6. The number of anilines is 2. The van der Waals surface area contributed by atoms with Crippen molar-refractivity contribution in [3.8, 4) is 5.75 Å². The van der Waals surface area contributed by atoms with Crippen molar-refractivity contribution in [1.29, 1.82) is 0 Å². The Labute approximate surface area is 281 Å². The van der Waals surface area contributed by atoms with Gasteiger partial charge in [0.25, 0.3) is 0 Å². The molecule has 0 bridgehead atoms. The molecule has 0 amide bonds. The van der Waals surface area contributed by atoms with Crippen LogP contribution in [0.15, 0.2) is 115 Å². The van der Waals surface area contributed by atoms with E-state index in [1.165, 1.54) is 89.0 Å². The van der Waals surface area contributed by atoms with Crippen LogP contribution in [-0.2, 0) is 11.8 Å². The highest BCUT2D eigenvalue weighted by Crippen LogP contribution is 2.52. The highest BCUT2D eigenvalue weighted by atomic mass is 16.5. The molecule has 0 saturated carbocycles. The van der Waals surface area contributed by atoms with Crippen LogP contribution in [0, 0.1) is 0 Å². The fraction of sp³-hybridized carbons (Fsp3) is 0.364. The minimum absolute atomic E-state index is 0.138. The molecule has 0 aliphatic carbocycles. The van der Waals surface area contributed by atoms with Gasteiger partial charge in [0.05, 0.1) is 11.7 Å². The highest BCUT2D eigenvalue weighted by Gasteiger charge is 2.48. The van der Waals surface area contributed by atoms with Gasteiger partial charge in [0.2, 0.25) is 0 Å². The molecule has 0 spiro atoms. The molecule has 2 aliphatic heterocycles. The molecule has 2 unspecified atom stereocenters. The van der Waals surface area contributed by atoms with Gasteiger partial charge < -0.3 is 14.5 Å². The topological polar surface area (TPSA) is 15.7 Å². The lowest BCUT2D eigenvalue weighted by Crippen LogP contribution is -2.44. The Morgan fingerprint density at radius 3 is 1.98 bits per heavy atom. The van der Waals surface area contributed by atoms with E-state index < -0.39 is 0 Å². The van der Waals surface area contributed by atoms with Gasteiger partial charge in [-0.3, -0.25) is 0 Å². The van der Waals surface area contributed by atoms with Crippen molar-refractivity contribution in [2.75, 3.05) is 22.9 Å². The molecule has 47 heavy (non-hydrogen) atoms. The minimum atomic E-state index is -0.163. The number of nitrogens with zero attached hydrogens (tertiary/aromatic N) is 2.